The fraction of sp³-hybridized carbons (Fsp3) is 0.333. The molecule has 1 aliphatic rings. The molecule has 0 aromatic carbocycles. The molecule has 1 fully saturated rings. The van der Waals surface area contributed by atoms with Gasteiger partial charge in [-0.1, -0.05) is 12.1 Å². The fourth-order valence-electron chi connectivity index (χ4n) is 4.14. The van der Waals surface area contributed by atoms with E-state index in [4.69, 9.17) is 0 Å². The molecule has 170 valence electrons. The minimum Gasteiger partial charge on any atom is -0.345 e. The summed E-state index contributed by atoms with van der Waals surface area (Å²) in [5.41, 5.74) is 1.72. The van der Waals surface area contributed by atoms with Gasteiger partial charge in [-0.25, -0.2) is 14.4 Å². The average molecular weight is 449 g/mol. The summed E-state index contributed by atoms with van der Waals surface area (Å²) in [4.78, 5) is 35.8. The normalized spacial score (nSPS) is 16.3. The van der Waals surface area contributed by atoms with Crippen molar-refractivity contribution in [2.75, 3.05) is 13.1 Å². The van der Waals surface area contributed by atoms with Crippen LogP contribution in [0.3, 0.4) is 0 Å². The summed E-state index contributed by atoms with van der Waals surface area (Å²) in [7, 11) is 0. The monoisotopic (exact) mass is 448 g/mol. The Morgan fingerprint density at radius 1 is 1.12 bits per heavy atom. The highest BCUT2D eigenvalue weighted by atomic mass is 19.1. The van der Waals surface area contributed by atoms with E-state index in [1.807, 2.05) is 28.9 Å². The summed E-state index contributed by atoms with van der Waals surface area (Å²) in [6.07, 6.45) is 6.62. The third-order valence-electron chi connectivity index (χ3n) is 6.10. The van der Waals surface area contributed by atoms with Gasteiger partial charge in [-0.15, -0.1) is 0 Å². The van der Waals surface area contributed by atoms with Crippen molar-refractivity contribution in [3.8, 4) is 0 Å². The number of imidazole rings is 1. The molecule has 0 radical (unpaired) electrons. The molecular weight excluding hydrogens is 423 g/mol. The molecule has 1 amide bonds. The minimum absolute atomic E-state index is 0.0724. The van der Waals surface area contributed by atoms with Crippen molar-refractivity contribution in [2.45, 2.75) is 38.5 Å². The molecule has 8 nitrogen and oxygen atoms in total. The Morgan fingerprint density at radius 2 is 1.94 bits per heavy atom. The van der Waals surface area contributed by atoms with Crippen LogP contribution in [0.2, 0.25) is 0 Å². The lowest BCUT2D eigenvalue weighted by atomic mass is 9.95. The standard InChI is InChI=1S/C24H25FN6O2/c1-24(25)7-10-29(11-8-24)14-17-5-6-20-27-18(16-30(20)15-17)13-26-23(33)19-12-22(32)31-9-3-2-4-21(31)28-19/h2-6,9,12,15-16H,7-8,10-11,13-14H2,1H3,(H,26,33). The average Bonchev–Trinajstić information content (AvgIpc) is 3.21. The number of carbonyl (C=O) groups excluding carboxylic acids is 1. The van der Waals surface area contributed by atoms with Gasteiger partial charge in [0.05, 0.1) is 12.2 Å². The number of rotatable bonds is 5. The van der Waals surface area contributed by atoms with Crippen molar-refractivity contribution in [1.82, 2.24) is 29.0 Å². The van der Waals surface area contributed by atoms with Crippen molar-refractivity contribution in [2.24, 2.45) is 0 Å². The first kappa shape index (κ1) is 21.3. The summed E-state index contributed by atoms with van der Waals surface area (Å²) in [5.74, 6) is -0.429. The van der Waals surface area contributed by atoms with Gasteiger partial charge >= 0.3 is 0 Å². The largest absolute Gasteiger partial charge is 0.345 e. The van der Waals surface area contributed by atoms with Crippen molar-refractivity contribution in [3.05, 3.63) is 82.3 Å². The van der Waals surface area contributed by atoms with Crippen LogP contribution in [-0.2, 0) is 13.1 Å². The van der Waals surface area contributed by atoms with Gasteiger partial charge in [0, 0.05) is 44.3 Å². The number of carbonyl (C=O) groups is 1. The molecule has 9 heteroatoms. The van der Waals surface area contributed by atoms with Crippen molar-refractivity contribution in [1.29, 1.82) is 0 Å². The van der Waals surface area contributed by atoms with Crippen LogP contribution in [0.25, 0.3) is 11.3 Å². The number of amides is 1. The quantitative estimate of drug-likeness (QED) is 0.507. The molecule has 4 aromatic heterocycles. The molecule has 0 atom stereocenters. The Labute approximate surface area is 189 Å². The summed E-state index contributed by atoms with van der Waals surface area (Å²) in [6, 6.07) is 10.4. The Kier molecular flexibility index (Phi) is 5.41. The van der Waals surface area contributed by atoms with E-state index in [2.05, 4.69) is 20.2 Å². The molecule has 0 saturated carbocycles. The summed E-state index contributed by atoms with van der Waals surface area (Å²) in [5, 5.41) is 2.79. The van der Waals surface area contributed by atoms with Crippen LogP contribution < -0.4 is 10.9 Å². The van der Waals surface area contributed by atoms with Gasteiger partial charge in [-0.05, 0) is 43.5 Å². The molecule has 1 N–H and O–H groups in total. The van der Waals surface area contributed by atoms with Crippen LogP contribution in [-0.4, -0.2) is 48.3 Å². The molecule has 4 aromatic rings. The Hall–Kier alpha value is -3.59. The van der Waals surface area contributed by atoms with Gasteiger partial charge in [0.2, 0.25) is 0 Å². The molecule has 1 aliphatic heterocycles. The topological polar surface area (TPSA) is 84.0 Å². The zero-order valence-corrected chi connectivity index (χ0v) is 18.4. The number of hydrogen-bond acceptors (Lipinski definition) is 5. The predicted octanol–water partition coefficient (Wildman–Crippen LogP) is 2.60. The molecule has 0 unspecified atom stereocenters. The third kappa shape index (κ3) is 4.63. The van der Waals surface area contributed by atoms with E-state index in [0.717, 1.165) is 30.8 Å². The van der Waals surface area contributed by atoms with E-state index in [1.165, 1.54) is 10.5 Å². The fourth-order valence-corrected chi connectivity index (χ4v) is 4.14. The van der Waals surface area contributed by atoms with Gasteiger partial charge in [-0.3, -0.25) is 18.9 Å². The lowest BCUT2D eigenvalue weighted by Gasteiger charge is -2.34. The molecule has 0 bridgehead atoms. The van der Waals surface area contributed by atoms with Gasteiger partial charge in [0.15, 0.2) is 0 Å². The van der Waals surface area contributed by atoms with Crippen LogP contribution >= 0.6 is 0 Å². The van der Waals surface area contributed by atoms with Crippen LogP contribution in [0.4, 0.5) is 4.39 Å². The van der Waals surface area contributed by atoms with Crippen LogP contribution in [0, 0.1) is 0 Å². The van der Waals surface area contributed by atoms with Crippen molar-refractivity contribution >= 4 is 17.2 Å². The van der Waals surface area contributed by atoms with Crippen LogP contribution in [0.15, 0.2) is 59.8 Å². The zero-order valence-electron chi connectivity index (χ0n) is 18.4. The van der Waals surface area contributed by atoms with Gasteiger partial charge in [-0.2, -0.15) is 0 Å². The van der Waals surface area contributed by atoms with Crippen LogP contribution in [0.1, 0.15) is 41.5 Å². The second-order valence-electron chi connectivity index (χ2n) is 8.82. The van der Waals surface area contributed by atoms with E-state index in [-0.39, 0.29) is 17.8 Å². The number of hydrogen-bond donors (Lipinski definition) is 1. The number of fused-ring (bicyclic) bond motifs is 2. The SMILES string of the molecule is CC1(F)CCN(Cc2ccc3nc(CNC(=O)c4cc(=O)n5ccccc5n4)cn3c2)CC1. The molecule has 33 heavy (non-hydrogen) atoms. The Morgan fingerprint density at radius 3 is 2.76 bits per heavy atom. The third-order valence-corrected chi connectivity index (χ3v) is 6.10. The first-order chi connectivity index (χ1) is 15.9. The van der Waals surface area contributed by atoms with Gasteiger partial charge in [0.1, 0.15) is 22.7 Å². The molecule has 1 saturated heterocycles. The highest BCUT2D eigenvalue weighted by Gasteiger charge is 2.29. The molecule has 0 aliphatic carbocycles. The van der Waals surface area contributed by atoms with E-state index in [0.29, 0.717) is 24.2 Å². The van der Waals surface area contributed by atoms with Crippen molar-refractivity contribution < 1.29 is 9.18 Å². The summed E-state index contributed by atoms with van der Waals surface area (Å²) < 4.78 is 17.3. The lowest BCUT2D eigenvalue weighted by molar-refractivity contribution is 0.0704. The molecule has 0 spiro atoms. The van der Waals surface area contributed by atoms with Crippen molar-refractivity contribution in [3.63, 3.8) is 0 Å². The smallest absolute Gasteiger partial charge is 0.270 e. The van der Waals surface area contributed by atoms with E-state index in [9.17, 15) is 14.0 Å². The lowest BCUT2D eigenvalue weighted by Crippen LogP contribution is -2.39. The highest BCUT2D eigenvalue weighted by molar-refractivity contribution is 5.92. The second-order valence-corrected chi connectivity index (χ2v) is 8.82. The number of aromatic nitrogens is 4. The second kappa shape index (κ2) is 8.40. The summed E-state index contributed by atoms with van der Waals surface area (Å²) in [6.45, 7) is 4.15. The first-order valence-corrected chi connectivity index (χ1v) is 11.0. The van der Waals surface area contributed by atoms with E-state index >= 15 is 0 Å². The Bertz CT molecular complexity index is 1380. The van der Waals surface area contributed by atoms with Gasteiger partial charge < -0.3 is 9.72 Å². The number of likely N-dealkylation sites (tertiary alicyclic amines) is 1. The molecule has 5 rings (SSSR count). The number of halogens is 1. The maximum Gasteiger partial charge on any atom is 0.270 e. The predicted molar refractivity (Wildman–Crippen MR) is 122 cm³/mol. The highest BCUT2D eigenvalue weighted by Crippen LogP contribution is 2.26. The Balaban J connectivity index is 1.25. The number of nitrogens with one attached hydrogen (secondary N) is 1. The number of nitrogens with zero attached hydrogens (tertiary/aromatic N) is 5. The maximum atomic E-state index is 14.0. The van der Waals surface area contributed by atoms with Crippen LogP contribution in [0.5, 0.6) is 0 Å². The first-order valence-electron chi connectivity index (χ1n) is 11.0. The van der Waals surface area contributed by atoms with E-state index in [1.54, 1.807) is 31.3 Å². The minimum atomic E-state index is -1.05. The summed E-state index contributed by atoms with van der Waals surface area (Å²) >= 11 is 0. The maximum absolute atomic E-state index is 14.0. The zero-order chi connectivity index (χ0) is 23.0. The number of piperidine rings is 1. The number of alkyl halides is 1. The molecule has 5 heterocycles. The van der Waals surface area contributed by atoms with E-state index < -0.39 is 11.6 Å². The molecular formula is C24H25FN6O2. The van der Waals surface area contributed by atoms with Gasteiger partial charge in [0.25, 0.3) is 11.5 Å². The number of pyridine rings is 2.